The summed E-state index contributed by atoms with van der Waals surface area (Å²) in [5.74, 6) is -0.158. The number of piperazine rings is 1. The van der Waals surface area contributed by atoms with Crippen LogP contribution in [-0.4, -0.2) is 65.8 Å². The molecule has 2 aromatic rings. The number of hydrogen-bond donors (Lipinski definition) is 0. The number of carbonyl (C=O) groups is 2. The minimum absolute atomic E-state index is 0.0480. The highest BCUT2D eigenvalue weighted by molar-refractivity contribution is 9.10. The molecular weight excluding hydrogens is 473 g/mol. The van der Waals surface area contributed by atoms with E-state index in [1.54, 1.807) is 12.1 Å². The highest BCUT2D eigenvalue weighted by Gasteiger charge is 2.28. The lowest BCUT2D eigenvalue weighted by atomic mass is 9.94. The molecule has 0 bridgehead atoms. The van der Waals surface area contributed by atoms with Crippen molar-refractivity contribution in [2.45, 2.75) is 27.3 Å². The van der Waals surface area contributed by atoms with E-state index in [4.69, 9.17) is 0 Å². The highest BCUT2D eigenvalue weighted by Crippen LogP contribution is 2.20. The molecule has 1 heterocycles. The smallest absolute Gasteiger partial charge is 0.253 e. The van der Waals surface area contributed by atoms with Crippen LogP contribution in [-0.2, 0) is 11.3 Å². The van der Waals surface area contributed by atoms with E-state index in [1.807, 2.05) is 54.8 Å². The Morgan fingerprint density at radius 2 is 1.69 bits per heavy atom. The van der Waals surface area contributed by atoms with Crippen molar-refractivity contribution in [2.24, 2.45) is 5.41 Å². The van der Waals surface area contributed by atoms with Gasteiger partial charge in [0.15, 0.2) is 0 Å². The van der Waals surface area contributed by atoms with Crippen LogP contribution in [0.1, 0.15) is 36.7 Å². The minimum atomic E-state index is -0.491. The van der Waals surface area contributed by atoms with Gasteiger partial charge in [-0.15, -0.1) is 0 Å². The average Bonchev–Trinajstić information content (AvgIpc) is 2.76. The van der Waals surface area contributed by atoms with E-state index in [0.717, 1.165) is 29.7 Å². The molecule has 0 atom stereocenters. The van der Waals surface area contributed by atoms with Crippen molar-refractivity contribution in [2.75, 3.05) is 39.3 Å². The molecule has 0 aromatic heterocycles. The molecular formula is C25H31BrFN3O2. The summed E-state index contributed by atoms with van der Waals surface area (Å²) in [6.45, 7) is 10.4. The summed E-state index contributed by atoms with van der Waals surface area (Å²) in [4.78, 5) is 31.8. The first-order chi connectivity index (χ1) is 15.1. The van der Waals surface area contributed by atoms with Gasteiger partial charge in [0, 0.05) is 61.3 Å². The molecule has 7 heteroatoms. The van der Waals surface area contributed by atoms with E-state index in [2.05, 4.69) is 20.8 Å². The molecule has 1 aliphatic rings. The van der Waals surface area contributed by atoms with Crippen LogP contribution in [0.5, 0.6) is 0 Å². The van der Waals surface area contributed by atoms with Crippen LogP contribution in [0, 0.1) is 11.2 Å². The zero-order valence-corrected chi connectivity index (χ0v) is 20.6. The molecule has 1 aliphatic heterocycles. The van der Waals surface area contributed by atoms with Gasteiger partial charge in [-0.2, -0.15) is 0 Å². The molecule has 1 fully saturated rings. The molecule has 0 N–H and O–H groups in total. The van der Waals surface area contributed by atoms with Gasteiger partial charge in [-0.25, -0.2) is 4.39 Å². The SMILES string of the molecule is CC(C)(C)C(=O)N(CCN1CCN(C(=O)c2cccc(Br)c2)CC1)Cc1ccc(F)cc1. The van der Waals surface area contributed by atoms with Crippen molar-refractivity contribution in [1.82, 2.24) is 14.7 Å². The van der Waals surface area contributed by atoms with E-state index in [9.17, 15) is 14.0 Å². The number of amides is 2. The Bertz CT molecular complexity index is 935. The van der Waals surface area contributed by atoms with Gasteiger partial charge in [-0.3, -0.25) is 14.5 Å². The summed E-state index contributed by atoms with van der Waals surface area (Å²) >= 11 is 3.42. The fourth-order valence-corrected chi connectivity index (χ4v) is 4.18. The maximum Gasteiger partial charge on any atom is 0.253 e. The van der Waals surface area contributed by atoms with Crippen molar-refractivity contribution < 1.29 is 14.0 Å². The molecule has 32 heavy (non-hydrogen) atoms. The summed E-state index contributed by atoms with van der Waals surface area (Å²) < 4.78 is 14.2. The Morgan fingerprint density at radius 3 is 2.28 bits per heavy atom. The number of nitrogens with zero attached hydrogens (tertiary/aromatic N) is 3. The first-order valence-electron chi connectivity index (χ1n) is 10.9. The molecule has 0 spiro atoms. The van der Waals surface area contributed by atoms with Crippen molar-refractivity contribution in [1.29, 1.82) is 0 Å². The van der Waals surface area contributed by atoms with Gasteiger partial charge in [0.05, 0.1) is 0 Å². The van der Waals surface area contributed by atoms with E-state index in [1.165, 1.54) is 12.1 Å². The van der Waals surface area contributed by atoms with Crippen LogP contribution in [0.2, 0.25) is 0 Å². The van der Waals surface area contributed by atoms with E-state index in [-0.39, 0.29) is 17.6 Å². The van der Waals surface area contributed by atoms with Gasteiger partial charge in [0.2, 0.25) is 5.91 Å². The normalized spacial score (nSPS) is 15.0. The topological polar surface area (TPSA) is 43.9 Å². The third-order valence-electron chi connectivity index (χ3n) is 5.63. The number of halogens is 2. The summed E-state index contributed by atoms with van der Waals surface area (Å²) in [5.41, 5.74) is 1.11. The number of rotatable bonds is 6. The molecule has 3 rings (SSSR count). The zero-order valence-electron chi connectivity index (χ0n) is 19.0. The Kier molecular flexibility index (Phi) is 8.06. The second-order valence-electron chi connectivity index (χ2n) is 9.25. The van der Waals surface area contributed by atoms with Gasteiger partial charge in [0.25, 0.3) is 5.91 Å². The van der Waals surface area contributed by atoms with Crippen molar-refractivity contribution in [3.8, 4) is 0 Å². The van der Waals surface area contributed by atoms with E-state index in [0.29, 0.717) is 31.7 Å². The third-order valence-corrected chi connectivity index (χ3v) is 6.13. The van der Waals surface area contributed by atoms with Gasteiger partial charge in [0.1, 0.15) is 5.82 Å². The largest absolute Gasteiger partial charge is 0.337 e. The third kappa shape index (κ3) is 6.62. The first-order valence-corrected chi connectivity index (χ1v) is 11.7. The predicted molar refractivity (Wildman–Crippen MR) is 128 cm³/mol. The number of hydrogen-bond acceptors (Lipinski definition) is 3. The number of benzene rings is 2. The lowest BCUT2D eigenvalue weighted by molar-refractivity contribution is -0.140. The second-order valence-corrected chi connectivity index (χ2v) is 10.2. The molecule has 2 amide bonds. The first kappa shape index (κ1) is 24.4. The number of carbonyl (C=O) groups excluding carboxylic acids is 2. The Balaban J connectivity index is 1.56. The van der Waals surface area contributed by atoms with Crippen LogP contribution in [0.15, 0.2) is 53.0 Å². The monoisotopic (exact) mass is 503 g/mol. The fraction of sp³-hybridized carbons (Fsp3) is 0.440. The van der Waals surface area contributed by atoms with Gasteiger partial charge in [-0.1, -0.05) is 54.9 Å². The van der Waals surface area contributed by atoms with E-state index >= 15 is 0 Å². The van der Waals surface area contributed by atoms with Crippen molar-refractivity contribution >= 4 is 27.7 Å². The lowest BCUT2D eigenvalue weighted by Gasteiger charge is -2.37. The van der Waals surface area contributed by atoms with Crippen LogP contribution in [0.25, 0.3) is 0 Å². The summed E-state index contributed by atoms with van der Waals surface area (Å²) in [7, 11) is 0. The van der Waals surface area contributed by atoms with Crippen LogP contribution in [0.3, 0.4) is 0 Å². The molecule has 0 unspecified atom stereocenters. The summed E-state index contributed by atoms with van der Waals surface area (Å²) in [6, 6.07) is 13.8. The van der Waals surface area contributed by atoms with Gasteiger partial charge < -0.3 is 9.80 Å². The average molecular weight is 504 g/mol. The van der Waals surface area contributed by atoms with Crippen LogP contribution < -0.4 is 0 Å². The van der Waals surface area contributed by atoms with Gasteiger partial charge >= 0.3 is 0 Å². The van der Waals surface area contributed by atoms with Crippen LogP contribution >= 0.6 is 15.9 Å². The van der Waals surface area contributed by atoms with Crippen molar-refractivity contribution in [3.63, 3.8) is 0 Å². The Labute approximate surface area is 198 Å². The lowest BCUT2D eigenvalue weighted by Crippen LogP contribution is -2.51. The molecule has 0 aliphatic carbocycles. The summed E-state index contributed by atoms with van der Waals surface area (Å²) in [6.07, 6.45) is 0. The molecule has 2 aromatic carbocycles. The molecule has 5 nitrogen and oxygen atoms in total. The molecule has 0 saturated carbocycles. The standard InChI is InChI=1S/C25H31BrFN3O2/c1-25(2,3)24(32)30(18-19-7-9-22(27)10-8-19)16-13-28-11-14-29(15-12-28)23(31)20-5-4-6-21(26)17-20/h4-10,17H,11-16,18H2,1-3H3. The van der Waals surface area contributed by atoms with Crippen molar-refractivity contribution in [3.05, 3.63) is 69.9 Å². The predicted octanol–water partition coefficient (Wildman–Crippen LogP) is 4.42. The maximum atomic E-state index is 13.3. The second kappa shape index (κ2) is 10.6. The Hall–Kier alpha value is -2.25. The summed E-state index contributed by atoms with van der Waals surface area (Å²) in [5, 5.41) is 0. The quantitative estimate of drug-likeness (QED) is 0.585. The van der Waals surface area contributed by atoms with Gasteiger partial charge in [-0.05, 0) is 35.9 Å². The molecule has 1 saturated heterocycles. The maximum absolute atomic E-state index is 13.3. The fourth-order valence-electron chi connectivity index (χ4n) is 3.78. The minimum Gasteiger partial charge on any atom is -0.337 e. The van der Waals surface area contributed by atoms with Crippen LogP contribution in [0.4, 0.5) is 4.39 Å². The Morgan fingerprint density at radius 1 is 1.03 bits per heavy atom. The zero-order chi connectivity index (χ0) is 23.3. The molecule has 0 radical (unpaired) electrons. The molecule has 172 valence electrons. The highest BCUT2D eigenvalue weighted by atomic mass is 79.9. The van der Waals surface area contributed by atoms with E-state index < -0.39 is 5.41 Å².